The lowest BCUT2D eigenvalue weighted by molar-refractivity contribution is 0.442. The van der Waals surface area contributed by atoms with Gasteiger partial charge in [0.15, 0.2) is 0 Å². The molecule has 0 atom stereocenters. The van der Waals surface area contributed by atoms with E-state index in [1.165, 1.54) is 31.4 Å². The first kappa shape index (κ1) is 13.3. The molecule has 0 aliphatic heterocycles. The fourth-order valence-electron chi connectivity index (χ4n) is 2.23. The zero-order valence-electron chi connectivity index (χ0n) is 10.1. The van der Waals surface area contributed by atoms with Crippen molar-refractivity contribution in [1.29, 1.82) is 0 Å². The molecular weight excluding hydrogens is 253 g/mol. The number of nitrogens with two attached hydrogens (primary N) is 1. The third-order valence-electron chi connectivity index (χ3n) is 3.22. The molecule has 3 N–H and O–H groups in total. The van der Waals surface area contributed by atoms with E-state index in [1.807, 2.05) is 0 Å². The van der Waals surface area contributed by atoms with Crippen LogP contribution in [0.1, 0.15) is 37.7 Å². The van der Waals surface area contributed by atoms with Crippen molar-refractivity contribution in [2.75, 3.05) is 0 Å². The van der Waals surface area contributed by atoms with E-state index in [1.54, 1.807) is 6.07 Å². The number of amidine groups is 1. The summed E-state index contributed by atoms with van der Waals surface area (Å²) in [7, 11) is 0. The van der Waals surface area contributed by atoms with Gasteiger partial charge in [-0.25, -0.2) is 10.2 Å². The standard InChI is InChI=1S/C13H17ClFN3/c14-11-7-6-9(8-12(11)15)13(18-16)17-10-4-2-1-3-5-10/h6-8,10H,1-5,16H2,(H,17,18). The number of benzene rings is 1. The smallest absolute Gasteiger partial charge is 0.142 e. The minimum Gasteiger partial charge on any atom is -0.308 e. The molecule has 2 rings (SSSR count). The topological polar surface area (TPSA) is 50.4 Å². The maximum atomic E-state index is 13.4. The number of hydrogen-bond acceptors (Lipinski definition) is 2. The van der Waals surface area contributed by atoms with Crippen LogP contribution < -0.4 is 11.3 Å². The fourth-order valence-corrected chi connectivity index (χ4v) is 2.35. The molecule has 3 nitrogen and oxygen atoms in total. The number of halogens is 2. The van der Waals surface area contributed by atoms with E-state index >= 15 is 0 Å². The molecule has 0 bridgehead atoms. The highest BCUT2D eigenvalue weighted by Crippen LogP contribution is 2.21. The van der Waals surface area contributed by atoms with Crippen molar-refractivity contribution < 1.29 is 4.39 Å². The highest BCUT2D eigenvalue weighted by atomic mass is 35.5. The second-order valence-electron chi connectivity index (χ2n) is 4.54. The second-order valence-corrected chi connectivity index (χ2v) is 4.95. The van der Waals surface area contributed by atoms with Crippen molar-refractivity contribution in [3.8, 4) is 0 Å². The molecule has 1 fully saturated rings. The lowest BCUT2D eigenvalue weighted by atomic mass is 9.96. The average molecular weight is 270 g/mol. The summed E-state index contributed by atoms with van der Waals surface area (Å²) in [6, 6.07) is 4.86. The zero-order chi connectivity index (χ0) is 13.0. The van der Waals surface area contributed by atoms with Crippen molar-refractivity contribution in [2.24, 2.45) is 10.8 Å². The Bertz CT molecular complexity index is 442. The van der Waals surface area contributed by atoms with Crippen LogP contribution in [0.25, 0.3) is 0 Å². The van der Waals surface area contributed by atoms with Crippen LogP contribution in [-0.4, -0.2) is 11.9 Å². The molecule has 1 aromatic carbocycles. The van der Waals surface area contributed by atoms with E-state index < -0.39 is 5.82 Å². The minimum atomic E-state index is -0.458. The molecular formula is C13H17ClFN3. The molecule has 0 saturated heterocycles. The van der Waals surface area contributed by atoms with Gasteiger partial charge in [-0.3, -0.25) is 4.99 Å². The van der Waals surface area contributed by atoms with E-state index in [0.29, 0.717) is 11.4 Å². The van der Waals surface area contributed by atoms with Gasteiger partial charge in [0.05, 0.1) is 11.1 Å². The summed E-state index contributed by atoms with van der Waals surface area (Å²) in [5, 5.41) is 0.104. The molecule has 5 heteroatoms. The van der Waals surface area contributed by atoms with Crippen LogP contribution in [0.3, 0.4) is 0 Å². The maximum Gasteiger partial charge on any atom is 0.142 e. The molecule has 98 valence electrons. The third kappa shape index (κ3) is 3.21. The first-order chi connectivity index (χ1) is 8.70. The van der Waals surface area contributed by atoms with E-state index in [2.05, 4.69) is 10.4 Å². The molecule has 1 aliphatic carbocycles. The third-order valence-corrected chi connectivity index (χ3v) is 3.52. The van der Waals surface area contributed by atoms with E-state index in [9.17, 15) is 4.39 Å². The molecule has 0 radical (unpaired) electrons. The van der Waals surface area contributed by atoms with Crippen molar-refractivity contribution in [3.63, 3.8) is 0 Å². The summed E-state index contributed by atoms with van der Waals surface area (Å²) in [5.74, 6) is 5.54. The Morgan fingerprint density at radius 2 is 2.06 bits per heavy atom. The van der Waals surface area contributed by atoms with Gasteiger partial charge in [-0.2, -0.15) is 0 Å². The molecule has 1 aliphatic rings. The Labute approximate surface area is 111 Å². The Balaban J connectivity index is 2.20. The normalized spacial score (nSPS) is 17.8. The minimum absolute atomic E-state index is 0.104. The number of aliphatic imine (C=N–C) groups is 1. The van der Waals surface area contributed by atoms with Crippen LogP contribution in [-0.2, 0) is 0 Å². The molecule has 0 aromatic heterocycles. The lowest BCUT2D eigenvalue weighted by Crippen LogP contribution is -2.32. The summed E-state index contributed by atoms with van der Waals surface area (Å²) in [6.07, 6.45) is 5.80. The van der Waals surface area contributed by atoms with Crippen LogP contribution in [0.2, 0.25) is 5.02 Å². The fraction of sp³-hybridized carbons (Fsp3) is 0.462. The molecule has 0 heterocycles. The Hall–Kier alpha value is -1.13. The van der Waals surface area contributed by atoms with Crippen molar-refractivity contribution in [1.82, 2.24) is 5.43 Å². The van der Waals surface area contributed by atoms with Crippen LogP contribution in [0.5, 0.6) is 0 Å². The molecule has 1 saturated carbocycles. The van der Waals surface area contributed by atoms with E-state index in [4.69, 9.17) is 17.4 Å². The van der Waals surface area contributed by atoms with E-state index in [0.717, 1.165) is 12.8 Å². The monoisotopic (exact) mass is 269 g/mol. The van der Waals surface area contributed by atoms with Gasteiger partial charge in [-0.05, 0) is 31.0 Å². The summed E-state index contributed by atoms with van der Waals surface area (Å²) >= 11 is 5.65. The van der Waals surface area contributed by atoms with Gasteiger partial charge in [0.25, 0.3) is 0 Å². The summed E-state index contributed by atoms with van der Waals surface area (Å²) in [6.45, 7) is 0. The summed E-state index contributed by atoms with van der Waals surface area (Å²) in [5.41, 5.74) is 3.18. The van der Waals surface area contributed by atoms with Crippen LogP contribution in [0.4, 0.5) is 4.39 Å². The van der Waals surface area contributed by atoms with Gasteiger partial charge < -0.3 is 5.43 Å². The van der Waals surface area contributed by atoms with Crippen LogP contribution in [0, 0.1) is 5.82 Å². The van der Waals surface area contributed by atoms with Gasteiger partial charge in [0, 0.05) is 5.56 Å². The van der Waals surface area contributed by atoms with Crippen molar-refractivity contribution in [3.05, 3.63) is 34.6 Å². The van der Waals surface area contributed by atoms with Crippen molar-refractivity contribution in [2.45, 2.75) is 38.1 Å². The molecule has 0 spiro atoms. The quantitative estimate of drug-likeness (QED) is 0.375. The van der Waals surface area contributed by atoms with Crippen molar-refractivity contribution >= 4 is 17.4 Å². The summed E-state index contributed by atoms with van der Waals surface area (Å²) in [4.78, 5) is 4.57. The highest BCUT2D eigenvalue weighted by Gasteiger charge is 2.14. The van der Waals surface area contributed by atoms with Gasteiger partial charge in [-0.15, -0.1) is 0 Å². The van der Waals surface area contributed by atoms with E-state index in [-0.39, 0.29) is 11.1 Å². The number of nitrogens with one attached hydrogen (secondary N) is 1. The number of hydrogen-bond donors (Lipinski definition) is 2. The Kier molecular flexibility index (Phi) is 4.55. The Morgan fingerprint density at radius 3 is 2.67 bits per heavy atom. The predicted molar refractivity (Wildman–Crippen MR) is 72.1 cm³/mol. The number of rotatable bonds is 2. The largest absolute Gasteiger partial charge is 0.308 e. The Morgan fingerprint density at radius 1 is 1.33 bits per heavy atom. The maximum absolute atomic E-state index is 13.4. The predicted octanol–water partition coefficient (Wildman–Crippen LogP) is 3.02. The lowest BCUT2D eigenvalue weighted by Gasteiger charge is -2.19. The van der Waals surface area contributed by atoms with Gasteiger partial charge in [-0.1, -0.05) is 30.9 Å². The second kappa shape index (κ2) is 6.16. The number of nitrogens with zero attached hydrogens (tertiary/aromatic N) is 1. The molecule has 0 amide bonds. The van der Waals surface area contributed by atoms with Crippen LogP contribution in [0.15, 0.2) is 23.2 Å². The highest BCUT2D eigenvalue weighted by molar-refractivity contribution is 6.30. The first-order valence-electron chi connectivity index (χ1n) is 6.20. The van der Waals surface area contributed by atoms with Gasteiger partial charge in [0.2, 0.25) is 0 Å². The molecule has 0 unspecified atom stereocenters. The molecule has 1 aromatic rings. The first-order valence-corrected chi connectivity index (χ1v) is 6.58. The zero-order valence-corrected chi connectivity index (χ0v) is 10.9. The summed E-state index contributed by atoms with van der Waals surface area (Å²) < 4.78 is 13.4. The average Bonchev–Trinajstić information content (AvgIpc) is 2.40. The van der Waals surface area contributed by atoms with Crippen LogP contribution >= 0.6 is 11.6 Å². The van der Waals surface area contributed by atoms with Gasteiger partial charge >= 0.3 is 0 Å². The van der Waals surface area contributed by atoms with Gasteiger partial charge in [0.1, 0.15) is 11.7 Å². The number of hydrazine groups is 1. The molecule has 18 heavy (non-hydrogen) atoms. The SMILES string of the molecule is NNC(=NC1CCCCC1)c1ccc(Cl)c(F)c1.